The molecule has 0 radical (unpaired) electrons. The van der Waals surface area contributed by atoms with Crippen molar-refractivity contribution in [1.29, 1.82) is 0 Å². The summed E-state index contributed by atoms with van der Waals surface area (Å²) >= 11 is 0. The van der Waals surface area contributed by atoms with Gasteiger partial charge in [0.25, 0.3) is 0 Å². The van der Waals surface area contributed by atoms with Crippen LogP contribution in [0.25, 0.3) is 0 Å². The van der Waals surface area contributed by atoms with E-state index in [1.54, 1.807) is 0 Å². The first-order valence-electron chi connectivity index (χ1n) is 9.25. The number of piperazine rings is 1. The van der Waals surface area contributed by atoms with Gasteiger partial charge in [0.1, 0.15) is 5.75 Å². The van der Waals surface area contributed by atoms with Crippen molar-refractivity contribution < 1.29 is 4.74 Å². The third-order valence-electron chi connectivity index (χ3n) is 4.51. The molecule has 1 fully saturated rings. The van der Waals surface area contributed by atoms with Crippen molar-refractivity contribution in [2.24, 2.45) is 4.99 Å². The number of para-hydroxylation sites is 1. The van der Waals surface area contributed by atoms with Gasteiger partial charge in [-0.2, -0.15) is 0 Å². The summed E-state index contributed by atoms with van der Waals surface area (Å²) in [7, 11) is 4.38. The Hall–Kier alpha value is -1.79. The Bertz CT molecular complexity index is 548. The minimum atomic E-state index is 0.498. The first kappa shape index (κ1) is 19.5. The second-order valence-corrected chi connectivity index (χ2v) is 6.51. The average molecular weight is 348 g/mol. The topological polar surface area (TPSA) is 52.1 Å². The van der Waals surface area contributed by atoms with E-state index in [9.17, 15) is 0 Å². The van der Waals surface area contributed by atoms with Crippen LogP contribution in [0.5, 0.6) is 5.75 Å². The maximum absolute atomic E-state index is 5.69. The highest BCUT2D eigenvalue weighted by Gasteiger charge is 2.22. The molecule has 1 unspecified atom stereocenters. The number of aliphatic imine (C=N–C) groups is 1. The molecule has 1 saturated heterocycles. The van der Waals surface area contributed by atoms with Crippen LogP contribution in [0.3, 0.4) is 0 Å². The van der Waals surface area contributed by atoms with E-state index in [0.717, 1.165) is 50.0 Å². The van der Waals surface area contributed by atoms with Gasteiger partial charge in [-0.1, -0.05) is 18.2 Å². The van der Waals surface area contributed by atoms with E-state index in [1.165, 1.54) is 0 Å². The summed E-state index contributed by atoms with van der Waals surface area (Å²) in [6.07, 6.45) is 0. The molecule has 0 saturated carbocycles. The van der Waals surface area contributed by atoms with Crippen LogP contribution < -0.4 is 15.4 Å². The van der Waals surface area contributed by atoms with Crippen molar-refractivity contribution in [3.8, 4) is 5.75 Å². The molecule has 1 aromatic carbocycles. The molecule has 1 heterocycles. The second-order valence-electron chi connectivity index (χ2n) is 6.51. The Labute approximate surface area is 152 Å². The van der Waals surface area contributed by atoms with Gasteiger partial charge in [-0.25, -0.2) is 4.99 Å². The molecule has 2 N–H and O–H groups in total. The number of guanidine groups is 1. The zero-order chi connectivity index (χ0) is 18.1. The molecule has 0 amide bonds. The van der Waals surface area contributed by atoms with E-state index in [4.69, 9.17) is 9.73 Å². The van der Waals surface area contributed by atoms with Crippen molar-refractivity contribution in [3.63, 3.8) is 0 Å². The number of ether oxygens (including phenoxy) is 1. The number of likely N-dealkylation sites (N-methyl/N-ethyl adjacent to an activating group) is 2. The molecule has 1 atom stereocenters. The van der Waals surface area contributed by atoms with E-state index in [-0.39, 0.29) is 0 Å². The highest BCUT2D eigenvalue weighted by Crippen LogP contribution is 2.18. The molecule has 140 valence electrons. The Kier molecular flexibility index (Phi) is 8.01. The molecule has 25 heavy (non-hydrogen) atoms. The summed E-state index contributed by atoms with van der Waals surface area (Å²) in [5.41, 5.74) is 1.11. The number of nitrogens with zero attached hydrogens (tertiary/aromatic N) is 3. The van der Waals surface area contributed by atoms with Crippen molar-refractivity contribution in [2.75, 3.05) is 53.4 Å². The molecule has 2 rings (SSSR count). The van der Waals surface area contributed by atoms with Crippen LogP contribution in [0, 0.1) is 0 Å². The van der Waals surface area contributed by atoms with Crippen LogP contribution in [0.2, 0.25) is 0 Å². The van der Waals surface area contributed by atoms with Crippen molar-refractivity contribution >= 4 is 5.96 Å². The highest BCUT2D eigenvalue weighted by atomic mass is 16.5. The highest BCUT2D eigenvalue weighted by molar-refractivity contribution is 5.79. The van der Waals surface area contributed by atoms with Crippen LogP contribution in [-0.2, 0) is 6.54 Å². The molecular formula is C19H33N5O. The number of hydrogen-bond donors (Lipinski definition) is 2. The maximum atomic E-state index is 5.69. The monoisotopic (exact) mass is 347 g/mol. The lowest BCUT2D eigenvalue weighted by Crippen LogP contribution is -2.55. The fraction of sp³-hybridized carbons (Fsp3) is 0.632. The number of rotatable bonds is 7. The Morgan fingerprint density at radius 3 is 2.76 bits per heavy atom. The predicted molar refractivity (Wildman–Crippen MR) is 104 cm³/mol. The SMILES string of the molecule is CCNC(=NCc1ccccc1OCC)NCC1CN(C)CCN1C. The summed E-state index contributed by atoms with van der Waals surface area (Å²) < 4.78 is 5.69. The average Bonchev–Trinajstić information content (AvgIpc) is 2.61. The molecular weight excluding hydrogens is 314 g/mol. The fourth-order valence-electron chi connectivity index (χ4n) is 2.97. The van der Waals surface area contributed by atoms with Gasteiger partial charge >= 0.3 is 0 Å². The third-order valence-corrected chi connectivity index (χ3v) is 4.51. The number of benzene rings is 1. The first-order valence-corrected chi connectivity index (χ1v) is 9.25. The van der Waals surface area contributed by atoms with Gasteiger partial charge in [0.05, 0.1) is 13.2 Å². The minimum Gasteiger partial charge on any atom is -0.494 e. The Balaban J connectivity index is 1.96. The summed E-state index contributed by atoms with van der Waals surface area (Å²) in [5.74, 6) is 1.77. The van der Waals surface area contributed by atoms with Crippen LogP contribution >= 0.6 is 0 Å². The lowest BCUT2D eigenvalue weighted by Gasteiger charge is -2.37. The van der Waals surface area contributed by atoms with Gasteiger partial charge in [0, 0.05) is 44.3 Å². The summed E-state index contributed by atoms with van der Waals surface area (Å²) in [5, 5.41) is 6.83. The van der Waals surface area contributed by atoms with Gasteiger partial charge in [-0.3, -0.25) is 4.90 Å². The summed E-state index contributed by atoms with van der Waals surface area (Å²) in [4.78, 5) is 9.54. The van der Waals surface area contributed by atoms with Crippen LogP contribution in [0.4, 0.5) is 0 Å². The quantitative estimate of drug-likeness (QED) is 0.577. The molecule has 6 nitrogen and oxygen atoms in total. The van der Waals surface area contributed by atoms with Gasteiger partial charge < -0.3 is 20.3 Å². The minimum absolute atomic E-state index is 0.498. The third kappa shape index (κ3) is 6.21. The standard InChI is InChI=1S/C19H33N5O/c1-5-20-19(22-14-17-15-23(3)11-12-24(17)4)21-13-16-9-7-8-10-18(16)25-6-2/h7-10,17H,5-6,11-15H2,1-4H3,(H2,20,21,22). The lowest BCUT2D eigenvalue weighted by atomic mass is 10.2. The predicted octanol–water partition coefficient (Wildman–Crippen LogP) is 1.39. The smallest absolute Gasteiger partial charge is 0.191 e. The van der Waals surface area contributed by atoms with E-state index in [2.05, 4.69) is 47.5 Å². The van der Waals surface area contributed by atoms with E-state index in [0.29, 0.717) is 19.2 Å². The van der Waals surface area contributed by atoms with Gasteiger partial charge in [0.2, 0.25) is 0 Å². The van der Waals surface area contributed by atoms with E-state index in [1.807, 2.05) is 25.1 Å². The number of hydrogen-bond acceptors (Lipinski definition) is 4. The fourth-order valence-corrected chi connectivity index (χ4v) is 2.97. The summed E-state index contributed by atoms with van der Waals surface area (Å²) in [6, 6.07) is 8.60. The molecule has 1 aliphatic rings. The van der Waals surface area contributed by atoms with Crippen molar-refractivity contribution in [1.82, 2.24) is 20.4 Å². The van der Waals surface area contributed by atoms with Gasteiger partial charge in [-0.05, 0) is 34.0 Å². The van der Waals surface area contributed by atoms with Crippen molar-refractivity contribution in [3.05, 3.63) is 29.8 Å². The molecule has 0 bridgehead atoms. The zero-order valence-electron chi connectivity index (χ0n) is 16.1. The molecule has 0 aromatic heterocycles. The number of nitrogens with one attached hydrogen (secondary N) is 2. The van der Waals surface area contributed by atoms with E-state index < -0.39 is 0 Å². The molecule has 1 aromatic rings. The molecule has 0 aliphatic carbocycles. The normalized spacial score (nSPS) is 19.7. The zero-order valence-corrected chi connectivity index (χ0v) is 16.1. The second kappa shape index (κ2) is 10.3. The maximum Gasteiger partial charge on any atom is 0.191 e. The Morgan fingerprint density at radius 1 is 1.20 bits per heavy atom. The summed E-state index contributed by atoms with van der Waals surface area (Å²) in [6.45, 7) is 10.4. The van der Waals surface area contributed by atoms with Gasteiger partial charge in [-0.15, -0.1) is 0 Å². The van der Waals surface area contributed by atoms with Crippen LogP contribution in [0.15, 0.2) is 29.3 Å². The van der Waals surface area contributed by atoms with Crippen LogP contribution in [-0.4, -0.2) is 75.2 Å². The lowest BCUT2D eigenvalue weighted by molar-refractivity contribution is 0.116. The van der Waals surface area contributed by atoms with Gasteiger partial charge in [0.15, 0.2) is 5.96 Å². The van der Waals surface area contributed by atoms with Crippen molar-refractivity contribution in [2.45, 2.75) is 26.4 Å². The molecule has 6 heteroatoms. The van der Waals surface area contributed by atoms with Crippen LogP contribution in [0.1, 0.15) is 19.4 Å². The molecule has 0 spiro atoms. The largest absolute Gasteiger partial charge is 0.494 e. The van der Waals surface area contributed by atoms with E-state index >= 15 is 0 Å². The first-order chi connectivity index (χ1) is 12.1. The Morgan fingerprint density at radius 2 is 2.00 bits per heavy atom. The molecule has 1 aliphatic heterocycles.